The number of hydrogen-bond acceptors (Lipinski definition) is 4. The lowest BCUT2D eigenvalue weighted by molar-refractivity contribution is 0.0808. The van der Waals surface area contributed by atoms with Crippen LogP contribution in [-0.4, -0.2) is 35.0 Å². The predicted molar refractivity (Wildman–Crippen MR) is 94.8 cm³/mol. The van der Waals surface area contributed by atoms with Crippen molar-refractivity contribution >= 4 is 17.5 Å². The lowest BCUT2D eigenvalue weighted by Gasteiger charge is -2.32. The molecule has 2 heterocycles. The van der Waals surface area contributed by atoms with Gasteiger partial charge in [-0.05, 0) is 43.3 Å². The minimum absolute atomic E-state index is 0.105. The zero-order valence-electron chi connectivity index (χ0n) is 13.4. The van der Waals surface area contributed by atoms with E-state index < -0.39 is 0 Å². The second-order valence-electron chi connectivity index (χ2n) is 6.00. The van der Waals surface area contributed by atoms with Crippen molar-refractivity contribution in [3.63, 3.8) is 0 Å². The van der Waals surface area contributed by atoms with Crippen LogP contribution in [0.25, 0.3) is 0 Å². The first-order valence-electron chi connectivity index (χ1n) is 8.06. The molecule has 0 amide bonds. The molecule has 2 aromatic rings. The summed E-state index contributed by atoms with van der Waals surface area (Å²) in [6.45, 7) is 2.78. The largest absolute Gasteiger partial charge is 0.298 e. The Morgan fingerprint density at radius 2 is 2.17 bits per heavy atom. The van der Waals surface area contributed by atoms with Crippen molar-refractivity contribution in [1.82, 2.24) is 9.88 Å². The van der Waals surface area contributed by atoms with E-state index in [1.165, 1.54) is 5.56 Å². The van der Waals surface area contributed by atoms with Crippen LogP contribution in [-0.2, 0) is 6.54 Å². The van der Waals surface area contributed by atoms with Gasteiger partial charge in [0.2, 0.25) is 0 Å². The minimum atomic E-state index is 0.105. The molecule has 1 fully saturated rings. The summed E-state index contributed by atoms with van der Waals surface area (Å²) >= 11 is 1.65. The summed E-state index contributed by atoms with van der Waals surface area (Å²) < 4.78 is 0. The van der Waals surface area contributed by atoms with Crippen LogP contribution >= 0.6 is 11.8 Å². The van der Waals surface area contributed by atoms with Crippen LogP contribution < -0.4 is 0 Å². The monoisotopic (exact) mass is 326 g/mol. The van der Waals surface area contributed by atoms with E-state index >= 15 is 0 Å². The highest BCUT2D eigenvalue weighted by atomic mass is 32.2. The van der Waals surface area contributed by atoms with Crippen LogP contribution in [0, 0.1) is 5.92 Å². The number of nitrogens with zero attached hydrogens (tertiary/aromatic N) is 2. The van der Waals surface area contributed by atoms with Crippen LogP contribution in [0.15, 0.2) is 53.7 Å². The van der Waals surface area contributed by atoms with Crippen LogP contribution in [0.2, 0.25) is 0 Å². The molecule has 1 aromatic heterocycles. The molecule has 0 radical (unpaired) electrons. The predicted octanol–water partition coefficient (Wildman–Crippen LogP) is 3.90. The summed E-state index contributed by atoms with van der Waals surface area (Å²) in [5.74, 6) is 0.402. The first-order chi connectivity index (χ1) is 11.3. The lowest BCUT2D eigenvalue weighted by atomic mass is 9.90. The number of benzene rings is 1. The molecule has 0 bridgehead atoms. The fourth-order valence-corrected chi connectivity index (χ4v) is 3.83. The summed E-state index contributed by atoms with van der Waals surface area (Å²) in [7, 11) is 0. The SMILES string of the molecule is CSc1ccccc1C(=O)[C@@H]1CCCN(Cc2cccnc2)C1. The van der Waals surface area contributed by atoms with Gasteiger partial charge in [0, 0.05) is 41.9 Å². The molecule has 0 saturated carbocycles. The molecule has 0 aliphatic carbocycles. The highest BCUT2D eigenvalue weighted by Crippen LogP contribution is 2.27. The van der Waals surface area contributed by atoms with Gasteiger partial charge in [-0.25, -0.2) is 0 Å². The van der Waals surface area contributed by atoms with Gasteiger partial charge in [0.25, 0.3) is 0 Å². The van der Waals surface area contributed by atoms with Crippen molar-refractivity contribution in [2.24, 2.45) is 5.92 Å². The van der Waals surface area contributed by atoms with Gasteiger partial charge in [-0.2, -0.15) is 0 Å². The maximum atomic E-state index is 12.9. The summed E-state index contributed by atoms with van der Waals surface area (Å²) in [6.07, 6.45) is 7.81. The average Bonchev–Trinajstić information content (AvgIpc) is 2.62. The molecule has 1 aliphatic heterocycles. The van der Waals surface area contributed by atoms with Crippen molar-refractivity contribution in [2.45, 2.75) is 24.3 Å². The van der Waals surface area contributed by atoms with Crippen LogP contribution in [0.5, 0.6) is 0 Å². The van der Waals surface area contributed by atoms with Gasteiger partial charge in [-0.3, -0.25) is 14.7 Å². The molecule has 1 saturated heterocycles. The molecule has 0 N–H and O–H groups in total. The Morgan fingerprint density at radius 1 is 1.30 bits per heavy atom. The Kier molecular flexibility index (Phi) is 5.47. The van der Waals surface area contributed by atoms with Gasteiger partial charge in [-0.15, -0.1) is 11.8 Å². The summed E-state index contributed by atoms with van der Waals surface area (Å²) in [6, 6.07) is 12.0. The van der Waals surface area contributed by atoms with Crippen molar-refractivity contribution in [3.8, 4) is 0 Å². The van der Waals surface area contributed by atoms with E-state index in [0.29, 0.717) is 5.78 Å². The van der Waals surface area contributed by atoms with E-state index in [0.717, 1.165) is 42.9 Å². The number of Topliss-reactive ketones (excluding diaryl/α,β-unsaturated/α-hetero) is 1. The van der Waals surface area contributed by atoms with Gasteiger partial charge >= 0.3 is 0 Å². The molecule has 0 unspecified atom stereocenters. The molecule has 4 heteroatoms. The molecule has 23 heavy (non-hydrogen) atoms. The normalized spacial score (nSPS) is 18.7. The standard InChI is InChI=1S/C19H22N2OS/c1-23-18-9-3-2-8-17(18)19(22)16-7-5-11-21(14-16)13-15-6-4-10-20-12-15/h2-4,6,8-10,12,16H,5,7,11,13-14H2,1H3/t16-/m1/s1. The zero-order chi connectivity index (χ0) is 16.1. The number of pyridine rings is 1. The number of carbonyl (C=O) groups excluding carboxylic acids is 1. The van der Waals surface area contributed by atoms with Crippen LogP contribution in [0.1, 0.15) is 28.8 Å². The molecule has 1 aliphatic rings. The van der Waals surface area contributed by atoms with Gasteiger partial charge < -0.3 is 0 Å². The van der Waals surface area contributed by atoms with E-state index in [1.807, 2.05) is 42.8 Å². The second-order valence-corrected chi connectivity index (χ2v) is 6.85. The van der Waals surface area contributed by atoms with Crippen molar-refractivity contribution < 1.29 is 4.79 Å². The first kappa shape index (κ1) is 16.2. The second kappa shape index (κ2) is 7.75. The number of piperidine rings is 1. The Balaban J connectivity index is 1.69. The van der Waals surface area contributed by atoms with E-state index in [4.69, 9.17) is 0 Å². The molecule has 0 spiro atoms. The molecule has 1 aromatic carbocycles. The molecule has 1 atom stereocenters. The quantitative estimate of drug-likeness (QED) is 0.616. The van der Waals surface area contributed by atoms with E-state index in [9.17, 15) is 4.79 Å². The van der Waals surface area contributed by atoms with Gasteiger partial charge in [-0.1, -0.05) is 24.3 Å². The van der Waals surface area contributed by atoms with Gasteiger partial charge in [0.05, 0.1) is 0 Å². The van der Waals surface area contributed by atoms with Gasteiger partial charge in [0.1, 0.15) is 0 Å². The molecule has 3 rings (SSSR count). The molecular formula is C19H22N2OS. The Bertz CT molecular complexity index is 659. The molecule has 120 valence electrons. The summed E-state index contributed by atoms with van der Waals surface area (Å²) in [5.41, 5.74) is 2.10. The number of likely N-dealkylation sites (tertiary alicyclic amines) is 1. The van der Waals surface area contributed by atoms with Crippen molar-refractivity contribution in [3.05, 3.63) is 59.9 Å². The van der Waals surface area contributed by atoms with Crippen molar-refractivity contribution in [1.29, 1.82) is 0 Å². The Morgan fingerprint density at radius 3 is 2.96 bits per heavy atom. The number of thioether (sulfide) groups is 1. The molecular weight excluding hydrogens is 304 g/mol. The number of aromatic nitrogens is 1. The maximum absolute atomic E-state index is 12.9. The maximum Gasteiger partial charge on any atom is 0.168 e. The highest BCUT2D eigenvalue weighted by Gasteiger charge is 2.27. The Hall–Kier alpha value is -1.65. The third kappa shape index (κ3) is 4.01. The van der Waals surface area contributed by atoms with E-state index in [-0.39, 0.29) is 5.92 Å². The van der Waals surface area contributed by atoms with Crippen LogP contribution in [0.3, 0.4) is 0 Å². The fraction of sp³-hybridized carbons (Fsp3) is 0.368. The molecule has 3 nitrogen and oxygen atoms in total. The summed E-state index contributed by atoms with van der Waals surface area (Å²) in [4.78, 5) is 20.6. The van der Waals surface area contributed by atoms with E-state index in [2.05, 4.69) is 16.0 Å². The third-order valence-electron chi connectivity index (χ3n) is 4.38. The highest BCUT2D eigenvalue weighted by molar-refractivity contribution is 7.98. The average molecular weight is 326 g/mol. The third-order valence-corrected chi connectivity index (χ3v) is 5.17. The summed E-state index contributed by atoms with van der Waals surface area (Å²) in [5, 5.41) is 0. The number of hydrogen-bond donors (Lipinski definition) is 0. The number of ketones is 1. The number of carbonyl (C=O) groups is 1. The topological polar surface area (TPSA) is 33.2 Å². The zero-order valence-corrected chi connectivity index (χ0v) is 14.3. The fourth-order valence-electron chi connectivity index (χ4n) is 3.23. The lowest BCUT2D eigenvalue weighted by Crippen LogP contribution is -2.38. The smallest absolute Gasteiger partial charge is 0.168 e. The van der Waals surface area contributed by atoms with Crippen molar-refractivity contribution in [2.75, 3.05) is 19.3 Å². The van der Waals surface area contributed by atoms with E-state index in [1.54, 1.807) is 18.0 Å². The first-order valence-corrected chi connectivity index (χ1v) is 9.29. The van der Waals surface area contributed by atoms with Gasteiger partial charge in [0.15, 0.2) is 5.78 Å². The van der Waals surface area contributed by atoms with Crippen LogP contribution in [0.4, 0.5) is 0 Å². The minimum Gasteiger partial charge on any atom is -0.298 e. The number of rotatable bonds is 5. The Labute approximate surface area is 142 Å².